The van der Waals surface area contributed by atoms with E-state index in [1.165, 1.54) is 6.92 Å². The van der Waals surface area contributed by atoms with E-state index in [1.807, 2.05) is 20.8 Å². The number of hydrogen-bond acceptors (Lipinski definition) is 27. The van der Waals surface area contributed by atoms with Crippen LogP contribution in [0.4, 0.5) is 0 Å². The standard InChI is InChI=1S/C54H88O29S2/c1-23(2)11-10-15-52(8)53(65)18-17-51(7)25-12-13-30-49(4,5)32(14-16-50(30,6)26(25)19-31(56)54(51,53)48(64)82-52)78-47-43(35(59)29(21-73-47)83-85(69,70)71)81-44-37(61)36(60)40(24(3)75-44)79-46-39(63)42(34(58)28(77-46)22-74-84(66,67)68)80-45-38(62)41(72-9)33(57)27(20-55)76-45/h12,23-24,26-47,55-63,65H,10-11,13-22H2,1-9H3,(H,66,67,68)(H,69,70,71)/t24?,26?,27?,28?,29-,30?,31?,32+,33-,34-,35?,36?,37?,38?,39?,40-,41?,42?,43?,44+,45+,46+,47+,50-,51?,52?,53+,54-/m1/s1. The fourth-order valence-electron chi connectivity index (χ4n) is 16.5. The largest absolute Gasteiger partial charge is 0.456 e. The summed E-state index contributed by atoms with van der Waals surface area (Å²) in [5.74, 6) is -0.552. The molecule has 9 aliphatic rings. The Hall–Kier alpha value is -1.81. The molecule has 3 saturated carbocycles. The topological polar surface area (TPSA) is 439 Å². The molecule has 0 aromatic heterocycles. The fourth-order valence-corrected chi connectivity index (χ4v) is 17.3. The summed E-state index contributed by atoms with van der Waals surface area (Å²) >= 11 is 0. The third kappa shape index (κ3) is 11.6. The summed E-state index contributed by atoms with van der Waals surface area (Å²) in [5, 5.41) is 115. The van der Waals surface area contributed by atoms with Crippen molar-refractivity contribution in [1.82, 2.24) is 0 Å². The Bertz CT molecular complexity index is 2650. The monoisotopic (exact) mass is 1260 g/mol. The Labute approximate surface area is 493 Å². The lowest BCUT2D eigenvalue weighted by molar-refractivity contribution is -0.389. The van der Waals surface area contributed by atoms with E-state index >= 15 is 0 Å². The third-order valence-corrected chi connectivity index (χ3v) is 21.9. The minimum Gasteiger partial charge on any atom is -0.456 e. The molecule has 12 N–H and O–H groups in total. The summed E-state index contributed by atoms with van der Waals surface area (Å²) < 4.78 is 135. The van der Waals surface area contributed by atoms with Gasteiger partial charge in [0.2, 0.25) is 0 Å². The summed E-state index contributed by atoms with van der Waals surface area (Å²) in [7, 11) is -9.29. The first-order valence-electron chi connectivity index (χ1n) is 29.2. The van der Waals surface area contributed by atoms with E-state index in [-0.39, 0.29) is 24.7 Å². The molecule has 28 atom stereocenters. The number of hydrogen-bond donors (Lipinski definition) is 12. The second-order valence-corrected chi connectivity index (χ2v) is 28.7. The minimum absolute atomic E-state index is 0.153. The van der Waals surface area contributed by atoms with E-state index in [2.05, 4.69) is 31.0 Å². The highest BCUT2D eigenvalue weighted by Crippen LogP contribution is 2.77. The van der Waals surface area contributed by atoms with Crippen LogP contribution >= 0.6 is 0 Å². The molecule has 5 aliphatic heterocycles. The Balaban J connectivity index is 0.924. The molecule has 5 saturated heterocycles. The van der Waals surface area contributed by atoms with Crippen LogP contribution in [-0.2, 0) is 81.3 Å². The van der Waals surface area contributed by atoms with Crippen LogP contribution in [0.2, 0.25) is 0 Å². The molecule has 31 heteroatoms. The molecule has 490 valence electrons. The lowest BCUT2D eigenvalue weighted by Crippen LogP contribution is -2.68. The van der Waals surface area contributed by atoms with Gasteiger partial charge in [-0.15, -0.1) is 0 Å². The Morgan fingerprint density at radius 1 is 0.718 bits per heavy atom. The molecule has 0 aromatic carbocycles. The highest BCUT2D eigenvalue weighted by atomic mass is 32.3. The molecule has 8 fully saturated rings. The van der Waals surface area contributed by atoms with Crippen molar-refractivity contribution in [2.45, 2.75) is 253 Å². The van der Waals surface area contributed by atoms with Gasteiger partial charge in [0, 0.05) is 12.5 Å². The molecular weight excluding hydrogens is 1180 g/mol. The third-order valence-electron chi connectivity index (χ3n) is 21.0. The fraction of sp³-hybridized carbons (Fsp3) is 0.944. The normalized spacial score (nSPS) is 50.0. The molecule has 9 rings (SSSR count). The van der Waals surface area contributed by atoms with Crippen LogP contribution in [0, 0.1) is 39.4 Å². The van der Waals surface area contributed by atoms with Gasteiger partial charge in [-0.1, -0.05) is 59.6 Å². The number of rotatable bonds is 19. The maximum atomic E-state index is 14.5. The molecule has 0 amide bonds. The number of aliphatic hydroxyl groups is 10. The number of carbonyl (C=O) groups is 1. The first-order chi connectivity index (χ1) is 39.4. The first kappa shape index (κ1) is 67.6. The van der Waals surface area contributed by atoms with E-state index in [0.29, 0.717) is 38.0 Å². The average molecular weight is 1270 g/mol. The maximum Gasteiger partial charge on any atom is 0.397 e. The molecule has 29 nitrogen and oxygen atoms in total. The lowest BCUT2D eigenvalue weighted by atomic mass is 9.39. The summed E-state index contributed by atoms with van der Waals surface area (Å²) in [4.78, 5) is 14.5. The number of esters is 1. The second-order valence-electron chi connectivity index (χ2n) is 26.5. The van der Waals surface area contributed by atoms with Crippen molar-refractivity contribution in [2.75, 3.05) is 26.9 Å². The van der Waals surface area contributed by atoms with Gasteiger partial charge in [-0.2, -0.15) is 16.8 Å². The number of ether oxygens (including phenoxy) is 10. The lowest BCUT2D eigenvalue weighted by Gasteiger charge is -2.65. The highest BCUT2D eigenvalue weighted by Gasteiger charge is 2.86. The number of aliphatic hydroxyl groups excluding tert-OH is 9. The predicted octanol–water partition coefficient (Wildman–Crippen LogP) is -1.57. The molecular formula is C54H88O29S2. The van der Waals surface area contributed by atoms with Gasteiger partial charge in [-0.05, 0) is 93.8 Å². The van der Waals surface area contributed by atoms with Crippen molar-refractivity contribution in [3.63, 3.8) is 0 Å². The van der Waals surface area contributed by atoms with Crippen LogP contribution in [-0.4, -0.2) is 250 Å². The van der Waals surface area contributed by atoms with Crippen molar-refractivity contribution in [3.05, 3.63) is 11.6 Å². The summed E-state index contributed by atoms with van der Waals surface area (Å²) in [5.41, 5.74) is -5.59. The number of methoxy groups -OCH3 is 1. The summed E-state index contributed by atoms with van der Waals surface area (Å²) in [6.07, 6.45) is -30.1. The first-order valence-corrected chi connectivity index (χ1v) is 31.9. The van der Waals surface area contributed by atoms with E-state index in [0.717, 1.165) is 25.5 Å². The Morgan fingerprint density at radius 3 is 1.95 bits per heavy atom. The van der Waals surface area contributed by atoms with E-state index in [9.17, 15) is 81.8 Å². The van der Waals surface area contributed by atoms with Crippen molar-refractivity contribution in [1.29, 1.82) is 0 Å². The number of fused-ring (bicyclic) bond motifs is 4. The quantitative estimate of drug-likeness (QED) is 0.0395. The number of allylic oxidation sites excluding steroid dienone is 2. The Kier molecular flexibility index (Phi) is 19.4. The SMILES string of the molecule is COC1C(O)[C@H](OC2C(O)[C@H](O[C@@H]3C(C)O[C@@H](OC4C(O)[C@H](OS(=O)(=O)O)CO[C@H]4O[C@H]4CC[C@]5(C)C6CC(O)[C@]78C(=O)OC(C)(CCCC(C)C)[C@@]7(O)CCC8(C)C6=CCC5C4(C)C)C(O)C3O)OC(COS(=O)(=O)O)[C@H]2O)OC(CO)[C@H]1O. The molecule has 1 spiro atoms. The van der Waals surface area contributed by atoms with Crippen LogP contribution in [0.1, 0.15) is 113 Å². The zero-order chi connectivity index (χ0) is 62.7. The molecule has 0 bridgehead atoms. The van der Waals surface area contributed by atoms with Gasteiger partial charge in [0.25, 0.3) is 0 Å². The summed E-state index contributed by atoms with van der Waals surface area (Å²) in [6, 6.07) is 0. The molecule has 5 heterocycles. The zero-order valence-electron chi connectivity index (χ0n) is 49.0. The minimum atomic E-state index is -5.23. The van der Waals surface area contributed by atoms with Gasteiger partial charge < -0.3 is 98.4 Å². The van der Waals surface area contributed by atoms with Crippen LogP contribution in [0.25, 0.3) is 0 Å². The van der Waals surface area contributed by atoms with Gasteiger partial charge in [0.15, 0.2) is 25.2 Å². The van der Waals surface area contributed by atoms with E-state index < -0.39 is 208 Å². The van der Waals surface area contributed by atoms with Crippen molar-refractivity contribution < 1.29 is 138 Å². The van der Waals surface area contributed by atoms with E-state index in [4.69, 9.17) is 51.6 Å². The molecule has 0 radical (unpaired) electrons. The zero-order valence-corrected chi connectivity index (χ0v) is 50.7. The van der Waals surface area contributed by atoms with Crippen LogP contribution < -0.4 is 0 Å². The van der Waals surface area contributed by atoms with Gasteiger partial charge in [0.05, 0.1) is 38.1 Å². The Morgan fingerprint density at radius 2 is 1.33 bits per heavy atom. The molecule has 85 heavy (non-hydrogen) atoms. The van der Waals surface area contributed by atoms with Crippen molar-refractivity contribution in [2.24, 2.45) is 39.4 Å². The average Bonchev–Trinajstić information content (AvgIpc) is 1.58. The van der Waals surface area contributed by atoms with E-state index in [1.54, 1.807) is 6.92 Å². The van der Waals surface area contributed by atoms with Crippen LogP contribution in [0.15, 0.2) is 11.6 Å². The highest BCUT2D eigenvalue weighted by molar-refractivity contribution is 7.81. The molecule has 16 unspecified atom stereocenters. The predicted molar refractivity (Wildman–Crippen MR) is 284 cm³/mol. The van der Waals surface area contributed by atoms with Gasteiger partial charge in [0.1, 0.15) is 102 Å². The molecule has 0 aromatic rings. The van der Waals surface area contributed by atoms with Gasteiger partial charge in [-0.3, -0.25) is 13.9 Å². The smallest absolute Gasteiger partial charge is 0.397 e. The molecule has 4 aliphatic carbocycles. The van der Waals surface area contributed by atoms with Crippen molar-refractivity contribution in [3.8, 4) is 0 Å². The van der Waals surface area contributed by atoms with Gasteiger partial charge >= 0.3 is 26.8 Å². The number of carbonyl (C=O) groups excluding carboxylic acids is 1. The summed E-state index contributed by atoms with van der Waals surface area (Å²) in [6.45, 7) is 12.9. The van der Waals surface area contributed by atoms with Crippen LogP contribution in [0.3, 0.4) is 0 Å². The van der Waals surface area contributed by atoms with Crippen LogP contribution in [0.5, 0.6) is 0 Å². The number of cyclic esters (lactones) is 1. The van der Waals surface area contributed by atoms with Crippen molar-refractivity contribution >= 4 is 26.8 Å². The van der Waals surface area contributed by atoms with Gasteiger partial charge in [-0.25, -0.2) is 8.37 Å². The second kappa shape index (κ2) is 24.3. The maximum absolute atomic E-state index is 14.5.